The maximum absolute atomic E-state index is 6.67. The highest BCUT2D eigenvalue weighted by Gasteiger charge is 2.28. The molecule has 2 aromatic carbocycles. The molecular formula is C22H28Cl3N3O2. The van der Waals surface area contributed by atoms with E-state index >= 15 is 0 Å². The number of hydrogen-bond donors (Lipinski definition) is 2. The number of rotatable bonds is 7. The van der Waals surface area contributed by atoms with Crippen molar-refractivity contribution < 1.29 is 9.47 Å². The average Bonchev–Trinajstić information content (AvgIpc) is 2.70. The van der Waals surface area contributed by atoms with Crippen molar-refractivity contribution in [3.05, 3.63) is 64.8 Å². The molecular weight excluding hydrogens is 445 g/mol. The molecule has 0 saturated heterocycles. The van der Waals surface area contributed by atoms with Crippen molar-refractivity contribution in [1.29, 1.82) is 0 Å². The molecule has 3 N–H and O–H groups in total. The van der Waals surface area contributed by atoms with Gasteiger partial charge in [0.05, 0.1) is 19.7 Å². The number of nitrogens with zero attached hydrogens (tertiary/aromatic N) is 1. The van der Waals surface area contributed by atoms with Crippen molar-refractivity contribution in [3.8, 4) is 11.5 Å². The SMILES string of the molecule is COc1ccc(CNC(C)(C)C(N)c2ccnc3cc(Cl)ccc23)cc1OC.Cl.Cl. The van der Waals surface area contributed by atoms with E-state index in [4.69, 9.17) is 26.8 Å². The van der Waals surface area contributed by atoms with Gasteiger partial charge in [-0.25, -0.2) is 0 Å². The number of ether oxygens (including phenoxy) is 2. The second-order valence-corrected chi connectivity index (χ2v) is 7.74. The number of aromatic nitrogens is 1. The van der Waals surface area contributed by atoms with E-state index in [9.17, 15) is 0 Å². The minimum absolute atomic E-state index is 0. The average molecular weight is 473 g/mol. The Bertz CT molecular complexity index is 983. The van der Waals surface area contributed by atoms with Crippen LogP contribution in [0.3, 0.4) is 0 Å². The third kappa shape index (κ3) is 5.68. The molecule has 0 aliphatic rings. The Kier molecular flexibility index (Phi) is 9.66. The molecule has 164 valence electrons. The highest BCUT2D eigenvalue weighted by Crippen LogP contribution is 2.31. The number of methoxy groups -OCH3 is 2. The summed E-state index contributed by atoms with van der Waals surface area (Å²) < 4.78 is 10.7. The lowest BCUT2D eigenvalue weighted by molar-refractivity contribution is 0.321. The Labute approximate surface area is 195 Å². The fraction of sp³-hybridized carbons (Fsp3) is 0.318. The first-order valence-electron chi connectivity index (χ1n) is 9.11. The highest BCUT2D eigenvalue weighted by molar-refractivity contribution is 6.31. The van der Waals surface area contributed by atoms with Gasteiger partial charge in [-0.05, 0) is 55.3 Å². The van der Waals surface area contributed by atoms with Gasteiger partial charge in [-0.3, -0.25) is 4.98 Å². The van der Waals surface area contributed by atoms with E-state index in [1.54, 1.807) is 20.4 Å². The van der Waals surface area contributed by atoms with E-state index in [0.717, 1.165) is 22.0 Å². The molecule has 0 aliphatic heterocycles. The van der Waals surface area contributed by atoms with Gasteiger partial charge in [-0.2, -0.15) is 0 Å². The Hall–Kier alpha value is -1.76. The number of nitrogens with two attached hydrogens (primary N) is 1. The van der Waals surface area contributed by atoms with Gasteiger partial charge in [0.2, 0.25) is 0 Å². The smallest absolute Gasteiger partial charge is 0.161 e. The van der Waals surface area contributed by atoms with Gasteiger partial charge in [0, 0.05) is 34.7 Å². The summed E-state index contributed by atoms with van der Waals surface area (Å²) in [6.07, 6.45) is 1.78. The van der Waals surface area contributed by atoms with Crippen molar-refractivity contribution in [2.45, 2.75) is 32.0 Å². The van der Waals surface area contributed by atoms with Crippen LogP contribution in [0.4, 0.5) is 0 Å². The van der Waals surface area contributed by atoms with Crippen molar-refractivity contribution in [3.63, 3.8) is 0 Å². The van der Waals surface area contributed by atoms with Gasteiger partial charge in [0.25, 0.3) is 0 Å². The zero-order valence-electron chi connectivity index (χ0n) is 17.4. The topological polar surface area (TPSA) is 69.4 Å². The third-order valence-corrected chi connectivity index (χ3v) is 5.28. The summed E-state index contributed by atoms with van der Waals surface area (Å²) in [5.41, 5.74) is 9.28. The van der Waals surface area contributed by atoms with Crippen molar-refractivity contribution in [1.82, 2.24) is 10.3 Å². The number of fused-ring (bicyclic) bond motifs is 1. The van der Waals surface area contributed by atoms with Crippen LogP contribution in [-0.4, -0.2) is 24.7 Å². The van der Waals surface area contributed by atoms with Gasteiger partial charge in [0.15, 0.2) is 11.5 Å². The number of benzene rings is 2. The van der Waals surface area contributed by atoms with E-state index in [0.29, 0.717) is 23.1 Å². The molecule has 0 spiro atoms. The molecule has 8 heteroatoms. The quantitative estimate of drug-likeness (QED) is 0.487. The molecule has 1 aromatic heterocycles. The summed E-state index contributed by atoms with van der Waals surface area (Å²) in [7, 11) is 3.26. The van der Waals surface area contributed by atoms with E-state index in [2.05, 4.69) is 24.1 Å². The highest BCUT2D eigenvalue weighted by atomic mass is 35.5. The molecule has 5 nitrogen and oxygen atoms in total. The standard InChI is InChI=1S/C22H26ClN3O2.2ClH/c1-22(2,26-13-14-5-8-19(27-3)20(11-14)28-4)21(24)17-9-10-25-18-12-15(23)6-7-16(17)18;;/h5-12,21,26H,13,24H2,1-4H3;2*1H. The number of halogens is 3. The lowest BCUT2D eigenvalue weighted by atomic mass is 9.87. The largest absolute Gasteiger partial charge is 0.493 e. The molecule has 3 rings (SSSR count). The molecule has 0 bridgehead atoms. The summed E-state index contributed by atoms with van der Waals surface area (Å²) in [6.45, 7) is 4.84. The molecule has 0 aliphatic carbocycles. The first kappa shape index (κ1) is 26.3. The van der Waals surface area contributed by atoms with Crippen LogP contribution in [0.15, 0.2) is 48.7 Å². The minimum Gasteiger partial charge on any atom is -0.493 e. The van der Waals surface area contributed by atoms with E-state index in [1.165, 1.54) is 0 Å². The maximum atomic E-state index is 6.67. The fourth-order valence-corrected chi connectivity index (χ4v) is 3.40. The van der Waals surface area contributed by atoms with Crippen LogP contribution in [0, 0.1) is 0 Å². The van der Waals surface area contributed by atoms with Crippen LogP contribution in [0.25, 0.3) is 10.9 Å². The zero-order valence-corrected chi connectivity index (χ0v) is 19.8. The van der Waals surface area contributed by atoms with Crippen molar-refractivity contribution in [2.75, 3.05) is 14.2 Å². The molecule has 1 atom stereocenters. The molecule has 0 radical (unpaired) electrons. The predicted octanol–water partition coefficient (Wildman–Crippen LogP) is 5.32. The Balaban J connectivity index is 0.00000225. The monoisotopic (exact) mass is 471 g/mol. The fourth-order valence-electron chi connectivity index (χ4n) is 3.23. The first-order chi connectivity index (χ1) is 13.4. The molecule has 1 heterocycles. The van der Waals surface area contributed by atoms with Gasteiger partial charge >= 0.3 is 0 Å². The number of hydrogen-bond acceptors (Lipinski definition) is 5. The molecule has 0 saturated carbocycles. The second-order valence-electron chi connectivity index (χ2n) is 7.30. The van der Waals surface area contributed by atoms with Crippen LogP contribution in [-0.2, 0) is 6.54 Å². The molecule has 0 amide bonds. The van der Waals surface area contributed by atoms with Gasteiger partial charge in [-0.15, -0.1) is 24.8 Å². The lowest BCUT2D eigenvalue weighted by Gasteiger charge is -2.34. The van der Waals surface area contributed by atoms with E-state index in [-0.39, 0.29) is 36.4 Å². The Morgan fingerprint density at radius 1 is 1.03 bits per heavy atom. The van der Waals surface area contributed by atoms with E-state index < -0.39 is 0 Å². The summed E-state index contributed by atoms with van der Waals surface area (Å²) in [4.78, 5) is 4.41. The molecule has 1 unspecified atom stereocenters. The summed E-state index contributed by atoms with van der Waals surface area (Å²) >= 11 is 6.10. The Morgan fingerprint density at radius 2 is 1.73 bits per heavy atom. The number of pyridine rings is 1. The zero-order chi connectivity index (χ0) is 20.3. The van der Waals surface area contributed by atoms with Crippen molar-refractivity contribution >= 4 is 47.3 Å². The van der Waals surface area contributed by atoms with Gasteiger partial charge < -0.3 is 20.5 Å². The molecule has 0 fully saturated rings. The lowest BCUT2D eigenvalue weighted by Crippen LogP contribution is -2.48. The minimum atomic E-state index is -0.360. The third-order valence-electron chi connectivity index (χ3n) is 5.05. The normalized spacial score (nSPS) is 11.9. The molecule has 3 aromatic rings. The van der Waals surface area contributed by atoms with Crippen LogP contribution in [0.2, 0.25) is 5.02 Å². The van der Waals surface area contributed by atoms with Crippen LogP contribution in [0.5, 0.6) is 11.5 Å². The predicted molar refractivity (Wildman–Crippen MR) is 129 cm³/mol. The summed E-state index contributed by atoms with van der Waals surface area (Å²) in [5, 5.41) is 5.25. The summed E-state index contributed by atoms with van der Waals surface area (Å²) in [5.74, 6) is 1.42. The van der Waals surface area contributed by atoms with Crippen molar-refractivity contribution in [2.24, 2.45) is 5.73 Å². The van der Waals surface area contributed by atoms with Gasteiger partial charge in [-0.1, -0.05) is 23.7 Å². The molecule has 30 heavy (non-hydrogen) atoms. The van der Waals surface area contributed by atoms with Crippen LogP contribution in [0.1, 0.15) is 31.0 Å². The van der Waals surface area contributed by atoms with E-state index in [1.807, 2.05) is 42.5 Å². The van der Waals surface area contributed by atoms with Gasteiger partial charge in [0.1, 0.15) is 0 Å². The first-order valence-corrected chi connectivity index (χ1v) is 9.49. The Morgan fingerprint density at radius 3 is 2.40 bits per heavy atom. The van der Waals surface area contributed by atoms with Crippen LogP contribution >= 0.6 is 36.4 Å². The second kappa shape index (κ2) is 11.0. The number of nitrogens with one attached hydrogen (secondary N) is 1. The van der Waals surface area contributed by atoms with Crippen LogP contribution < -0.4 is 20.5 Å². The summed E-state index contributed by atoms with van der Waals surface area (Å²) in [6, 6.07) is 13.3. The maximum Gasteiger partial charge on any atom is 0.161 e.